The summed E-state index contributed by atoms with van der Waals surface area (Å²) in [4.78, 5) is 27.5. The quantitative estimate of drug-likeness (QED) is 0.401. The SMILES string of the molecule is CC(C)Oc1ccc2ccccc2c1/C=C1\SC(=O)N(Cc2cc3c(cc2Cl)OCO3)C1=O. The number of benzene rings is 3. The van der Waals surface area contributed by atoms with Crippen LogP contribution in [-0.4, -0.2) is 28.9 Å². The molecule has 0 radical (unpaired) electrons. The maximum atomic E-state index is 13.2. The highest BCUT2D eigenvalue weighted by Gasteiger charge is 2.36. The molecule has 33 heavy (non-hydrogen) atoms. The summed E-state index contributed by atoms with van der Waals surface area (Å²) in [5, 5.41) is 2.02. The molecule has 0 bridgehead atoms. The van der Waals surface area contributed by atoms with E-state index in [0.717, 1.165) is 28.1 Å². The Hall–Kier alpha value is -3.16. The lowest BCUT2D eigenvalue weighted by atomic mass is 10.0. The number of fused-ring (bicyclic) bond motifs is 2. The third-order valence-electron chi connectivity index (χ3n) is 5.31. The van der Waals surface area contributed by atoms with E-state index in [9.17, 15) is 9.59 Å². The summed E-state index contributed by atoms with van der Waals surface area (Å²) in [6.45, 7) is 4.05. The number of amides is 2. The molecule has 0 unspecified atom stereocenters. The third kappa shape index (κ3) is 4.14. The first-order chi connectivity index (χ1) is 15.9. The number of carbonyl (C=O) groups excluding carboxylic acids is 2. The molecule has 3 aromatic carbocycles. The van der Waals surface area contributed by atoms with Gasteiger partial charge < -0.3 is 14.2 Å². The van der Waals surface area contributed by atoms with Gasteiger partial charge in [-0.25, -0.2) is 0 Å². The Bertz CT molecular complexity index is 1320. The van der Waals surface area contributed by atoms with Crippen LogP contribution in [0.4, 0.5) is 4.79 Å². The highest BCUT2D eigenvalue weighted by molar-refractivity contribution is 8.18. The van der Waals surface area contributed by atoms with Crippen LogP contribution in [0.5, 0.6) is 17.2 Å². The van der Waals surface area contributed by atoms with Gasteiger partial charge in [-0.15, -0.1) is 0 Å². The second-order valence-corrected chi connectivity index (χ2v) is 9.33. The Morgan fingerprint density at radius 1 is 1.12 bits per heavy atom. The minimum absolute atomic E-state index is 0.0403. The molecule has 0 atom stereocenters. The molecule has 2 amide bonds. The molecule has 1 fully saturated rings. The molecular formula is C25H20ClNO5S. The number of rotatable bonds is 5. The molecule has 0 saturated carbocycles. The van der Waals surface area contributed by atoms with Gasteiger partial charge in [0, 0.05) is 16.7 Å². The highest BCUT2D eigenvalue weighted by atomic mass is 35.5. The molecule has 0 N–H and O–H groups in total. The second kappa shape index (κ2) is 8.65. The van der Waals surface area contributed by atoms with E-state index >= 15 is 0 Å². The summed E-state index contributed by atoms with van der Waals surface area (Å²) in [5.74, 6) is 1.38. The molecule has 6 nitrogen and oxygen atoms in total. The fourth-order valence-electron chi connectivity index (χ4n) is 3.80. The van der Waals surface area contributed by atoms with Crippen molar-refractivity contribution in [3.8, 4) is 17.2 Å². The van der Waals surface area contributed by atoms with Crippen LogP contribution >= 0.6 is 23.4 Å². The lowest BCUT2D eigenvalue weighted by Crippen LogP contribution is -2.27. The number of imide groups is 1. The summed E-state index contributed by atoms with van der Waals surface area (Å²) in [6, 6.07) is 15.1. The van der Waals surface area contributed by atoms with E-state index in [1.54, 1.807) is 18.2 Å². The molecule has 1 saturated heterocycles. The van der Waals surface area contributed by atoms with Gasteiger partial charge >= 0.3 is 0 Å². The second-order valence-electron chi connectivity index (χ2n) is 7.93. The predicted molar refractivity (Wildman–Crippen MR) is 129 cm³/mol. The average Bonchev–Trinajstić information content (AvgIpc) is 3.34. The molecule has 3 aromatic rings. The number of nitrogens with zero attached hydrogens (tertiary/aromatic N) is 1. The number of hydrogen-bond acceptors (Lipinski definition) is 6. The maximum absolute atomic E-state index is 13.2. The fraction of sp³-hybridized carbons (Fsp3) is 0.200. The molecule has 8 heteroatoms. The highest BCUT2D eigenvalue weighted by Crippen LogP contribution is 2.40. The Kier molecular flexibility index (Phi) is 5.68. The molecule has 0 aliphatic carbocycles. The Labute approximate surface area is 200 Å². The topological polar surface area (TPSA) is 65.1 Å². The molecule has 2 heterocycles. The van der Waals surface area contributed by atoms with Crippen molar-refractivity contribution in [2.24, 2.45) is 0 Å². The fourth-order valence-corrected chi connectivity index (χ4v) is 4.83. The number of ether oxygens (including phenoxy) is 3. The van der Waals surface area contributed by atoms with Crippen LogP contribution in [0.3, 0.4) is 0 Å². The smallest absolute Gasteiger partial charge is 0.293 e. The largest absolute Gasteiger partial charge is 0.490 e. The zero-order valence-corrected chi connectivity index (χ0v) is 19.5. The van der Waals surface area contributed by atoms with Crippen LogP contribution in [0.2, 0.25) is 5.02 Å². The molecule has 2 aliphatic rings. The molecule has 2 aliphatic heterocycles. The summed E-state index contributed by atoms with van der Waals surface area (Å²) >= 11 is 7.27. The molecule has 0 spiro atoms. The van der Waals surface area contributed by atoms with Crippen LogP contribution in [0.15, 0.2) is 53.4 Å². The zero-order chi connectivity index (χ0) is 23.1. The van der Waals surface area contributed by atoms with Gasteiger partial charge in [0.25, 0.3) is 11.1 Å². The summed E-state index contributed by atoms with van der Waals surface area (Å²) in [6.07, 6.45) is 1.70. The van der Waals surface area contributed by atoms with Crippen molar-refractivity contribution in [3.63, 3.8) is 0 Å². The van der Waals surface area contributed by atoms with Crippen molar-refractivity contribution >= 4 is 51.4 Å². The predicted octanol–water partition coefficient (Wildman–Crippen LogP) is 6.25. The first kappa shape index (κ1) is 21.7. The van der Waals surface area contributed by atoms with Crippen LogP contribution in [0, 0.1) is 0 Å². The van der Waals surface area contributed by atoms with Crippen LogP contribution in [0.25, 0.3) is 16.8 Å². The van der Waals surface area contributed by atoms with E-state index in [-0.39, 0.29) is 30.6 Å². The van der Waals surface area contributed by atoms with Crippen molar-refractivity contribution in [1.82, 2.24) is 4.90 Å². The number of thioether (sulfide) groups is 1. The third-order valence-corrected chi connectivity index (χ3v) is 6.57. The monoisotopic (exact) mass is 481 g/mol. The van der Waals surface area contributed by atoms with Crippen molar-refractivity contribution < 1.29 is 23.8 Å². The van der Waals surface area contributed by atoms with E-state index < -0.39 is 0 Å². The van der Waals surface area contributed by atoms with Crippen LogP contribution in [-0.2, 0) is 11.3 Å². The lowest BCUT2D eigenvalue weighted by molar-refractivity contribution is -0.123. The van der Waals surface area contributed by atoms with Gasteiger partial charge in [-0.1, -0.05) is 41.9 Å². The van der Waals surface area contributed by atoms with Crippen molar-refractivity contribution in [2.45, 2.75) is 26.5 Å². The first-order valence-electron chi connectivity index (χ1n) is 10.4. The van der Waals surface area contributed by atoms with Crippen LogP contribution < -0.4 is 14.2 Å². The number of halogens is 1. The van der Waals surface area contributed by atoms with E-state index in [1.807, 2.05) is 50.2 Å². The molecule has 0 aromatic heterocycles. The molecule has 168 valence electrons. The lowest BCUT2D eigenvalue weighted by Gasteiger charge is -2.15. The summed E-state index contributed by atoms with van der Waals surface area (Å²) in [5.41, 5.74) is 1.38. The van der Waals surface area contributed by atoms with Gasteiger partial charge in [0.15, 0.2) is 11.5 Å². The first-order valence-corrected chi connectivity index (χ1v) is 11.6. The maximum Gasteiger partial charge on any atom is 0.293 e. The summed E-state index contributed by atoms with van der Waals surface area (Å²) < 4.78 is 16.7. The van der Waals surface area contributed by atoms with E-state index in [4.69, 9.17) is 25.8 Å². The van der Waals surface area contributed by atoms with Crippen molar-refractivity contribution in [1.29, 1.82) is 0 Å². The Morgan fingerprint density at radius 2 is 1.88 bits per heavy atom. The zero-order valence-electron chi connectivity index (χ0n) is 18.0. The Balaban J connectivity index is 1.50. The van der Waals surface area contributed by atoms with E-state index in [1.165, 1.54) is 4.90 Å². The van der Waals surface area contributed by atoms with Gasteiger partial charge in [-0.3, -0.25) is 14.5 Å². The molecule has 5 rings (SSSR count). The average molecular weight is 482 g/mol. The molecular weight excluding hydrogens is 462 g/mol. The minimum Gasteiger partial charge on any atom is -0.490 e. The standard InChI is InChI=1S/C25H20ClNO5S/c1-14(2)32-20-8-7-15-5-3-4-6-17(15)18(20)10-23-24(28)27(25(29)33-23)12-16-9-21-22(11-19(16)26)31-13-30-21/h3-11,14H,12-13H2,1-2H3/b23-10-. The normalized spacial score (nSPS) is 16.5. The van der Waals surface area contributed by atoms with Gasteiger partial charge in [0.2, 0.25) is 6.79 Å². The van der Waals surface area contributed by atoms with Gasteiger partial charge in [0.1, 0.15) is 5.75 Å². The van der Waals surface area contributed by atoms with Crippen LogP contribution in [0.1, 0.15) is 25.0 Å². The number of carbonyl (C=O) groups is 2. The summed E-state index contributed by atoms with van der Waals surface area (Å²) in [7, 11) is 0. The minimum atomic E-state index is -0.373. The Morgan fingerprint density at radius 3 is 2.67 bits per heavy atom. The van der Waals surface area contributed by atoms with E-state index in [2.05, 4.69) is 0 Å². The van der Waals surface area contributed by atoms with Gasteiger partial charge in [0.05, 0.1) is 17.6 Å². The van der Waals surface area contributed by atoms with Gasteiger partial charge in [-0.05, 0) is 60.2 Å². The number of hydrogen-bond donors (Lipinski definition) is 0. The van der Waals surface area contributed by atoms with Crippen molar-refractivity contribution in [3.05, 3.63) is 69.6 Å². The van der Waals surface area contributed by atoms with E-state index in [0.29, 0.717) is 32.7 Å². The van der Waals surface area contributed by atoms with Gasteiger partial charge in [-0.2, -0.15) is 0 Å². The van der Waals surface area contributed by atoms with Crippen molar-refractivity contribution in [2.75, 3.05) is 6.79 Å².